The SMILES string of the molecule is C[C@H]1[C@H](C)CC[C@]2(C(=O)O[C@@H]3O[C@H](CO)[C@@H](O)[C@H](O)[C@H]3O)CC[C@]3(C(=O)O)C(=CC[C@@H]4[C@@]5(C)CC[C@H](O[C@@H]6O[C@@H](C)[C@@H](O)[C@H](O[C@@H]7O[C@H](CO)[C@@H](O)[C@H](O)[C@H]7O)[C@@H]6O)C(C)(C)[C@@H]5CC[C@]43C)[C@@H]12. The molecule has 0 bridgehead atoms. The Bertz CT molecular complexity index is 1860. The fourth-order valence-corrected chi connectivity index (χ4v) is 15.3. The molecule has 3 saturated heterocycles. The van der Waals surface area contributed by atoms with Crippen LogP contribution in [0, 0.1) is 56.7 Å². The van der Waals surface area contributed by atoms with Crippen molar-refractivity contribution in [3.05, 3.63) is 11.6 Å². The molecule has 19 nitrogen and oxygen atoms in total. The normalized spacial score (nSPS) is 54.0. The number of hydrogen-bond acceptors (Lipinski definition) is 18. The number of ether oxygens (including phenoxy) is 6. The summed E-state index contributed by atoms with van der Waals surface area (Å²) >= 11 is 0. The number of hydrogen-bond donors (Lipinski definition) is 11. The Balaban J connectivity index is 1.05. The standard InChI is InChI=1S/C48H76O19/c1-20-10-15-47(43(61)67-40-36(57)34(55)32(53)25(19-50)64-40)16-17-48(42(59)60)23(29(47)21(20)2)8-9-27-45(6)13-12-28(44(4,5)26(45)11-14-46(27,48)7)65-41-37(58)38(30(51)22(3)62-41)66-39-35(56)33(54)31(52)24(18-49)63-39/h8,20-22,24-41,49-58H,9-19H2,1-7H3,(H,59,60)/t20-,21+,22+,24-,25-,26+,27-,28+,29-,30-,31-,32-,33+,34+,35-,36-,37+,38+,39+,40+,41+,45+,46-,47+,48-/m1/s1. The maximum Gasteiger partial charge on any atom is 0.315 e. The lowest BCUT2D eigenvalue weighted by Gasteiger charge is -2.70. The largest absolute Gasteiger partial charge is 0.481 e. The van der Waals surface area contributed by atoms with Crippen LogP contribution < -0.4 is 0 Å². The third kappa shape index (κ3) is 7.70. The molecule has 0 amide bonds. The van der Waals surface area contributed by atoms with Gasteiger partial charge in [0.1, 0.15) is 67.1 Å². The molecular weight excluding hydrogens is 881 g/mol. The van der Waals surface area contributed by atoms with Crippen LogP contribution in [0.25, 0.3) is 0 Å². The van der Waals surface area contributed by atoms with Crippen molar-refractivity contribution in [2.45, 2.75) is 204 Å². The molecule has 67 heavy (non-hydrogen) atoms. The van der Waals surface area contributed by atoms with Crippen molar-refractivity contribution in [1.29, 1.82) is 0 Å². The zero-order valence-corrected chi connectivity index (χ0v) is 39.7. The summed E-state index contributed by atoms with van der Waals surface area (Å²) in [4.78, 5) is 29.1. The second-order valence-electron chi connectivity index (χ2n) is 22.8. The highest BCUT2D eigenvalue weighted by Crippen LogP contribution is 2.76. The van der Waals surface area contributed by atoms with Gasteiger partial charge in [0.2, 0.25) is 6.29 Å². The van der Waals surface area contributed by atoms with E-state index in [0.717, 1.165) is 5.57 Å². The van der Waals surface area contributed by atoms with Crippen LogP contribution in [0.2, 0.25) is 0 Å². The summed E-state index contributed by atoms with van der Waals surface area (Å²) in [5.74, 6) is -2.15. The molecule has 0 spiro atoms. The van der Waals surface area contributed by atoms with E-state index in [-0.39, 0.29) is 41.9 Å². The van der Waals surface area contributed by atoms with E-state index in [9.17, 15) is 65.8 Å². The summed E-state index contributed by atoms with van der Waals surface area (Å²) in [6.45, 7) is 13.0. The first-order valence-electron chi connectivity index (χ1n) is 24.5. The Hall–Kier alpha value is -1.92. The van der Waals surface area contributed by atoms with E-state index in [2.05, 4.69) is 47.6 Å². The topological polar surface area (TPSA) is 312 Å². The van der Waals surface area contributed by atoms with E-state index >= 15 is 0 Å². The number of rotatable bonds is 9. The van der Waals surface area contributed by atoms with Crippen LogP contribution in [-0.4, -0.2) is 180 Å². The highest BCUT2D eigenvalue weighted by Gasteiger charge is 2.74. The van der Waals surface area contributed by atoms with Crippen LogP contribution in [0.15, 0.2) is 11.6 Å². The van der Waals surface area contributed by atoms with Gasteiger partial charge in [0.25, 0.3) is 0 Å². The zero-order chi connectivity index (χ0) is 49.1. The molecule has 0 aromatic heterocycles. The van der Waals surface area contributed by atoms with Gasteiger partial charge < -0.3 is 84.6 Å². The van der Waals surface area contributed by atoms with E-state index < -0.39 is 151 Å². The smallest absolute Gasteiger partial charge is 0.315 e. The van der Waals surface area contributed by atoms with Gasteiger partial charge in [-0.2, -0.15) is 0 Å². The molecule has 382 valence electrons. The van der Waals surface area contributed by atoms with Crippen molar-refractivity contribution in [2.75, 3.05) is 13.2 Å². The summed E-state index contributed by atoms with van der Waals surface area (Å²) in [7, 11) is 0. The third-order valence-electron chi connectivity index (χ3n) is 19.4. The zero-order valence-electron chi connectivity index (χ0n) is 39.7. The van der Waals surface area contributed by atoms with Crippen LogP contribution in [0.1, 0.15) is 106 Å². The lowest BCUT2D eigenvalue weighted by Crippen LogP contribution is -2.68. The quantitative estimate of drug-likeness (QED) is 0.0829. The van der Waals surface area contributed by atoms with Gasteiger partial charge in [0, 0.05) is 0 Å². The minimum atomic E-state index is -1.78. The predicted molar refractivity (Wildman–Crippen MR) is 231 cm³/mol. The fourth-order valence-electron chi connectivity index (χ4n) is 15.3. The first-order chi connectivity index (χ1) is 31.4. The number of fused-ring (bicyclic) bond motifs is 7. The van der Waals surface area contributed by atoms with Crippen LogP contribution in [0.4, 0.5) is 0 Å². The molecule has 11 N–H and O–H groups in total. The molecule has 8 rings (SSSR count). The number of carbonyl (C=O) groups is 2. The maximum atomic E-state index is 14.7. The van der Waals surface area contributed by atoms with Crippen molar-refractivity contribution in [3.63, 3.8) is 0 Å². The van der Waals surface area contributed by atoms with Gasteiger partial charge in [-0.15, -0.1) is 0 Å². The van der Waals surface area contributed by atoms with Crippen molar-refractivity contribution < 1.29 is 94.2 Å². The molecule has 3 heterocycles. The second-order valence-corrected chi connectivity index (χ2v) is 22.8. The average molecular weight is 957 g/mol. The first kappa shape index (κ1) is 51.4. The number of esters is 1. The van der Waals surface area contributed by atoms with Gasteiger partial charge in [-0.1, -0.05) is 53.2 Å². The Kier molecular flexibility index (Phi) is 14.0. The molecule has 3 aliphatic heterocycles. The summed E-state index contributed by atoms with van der Waals surface area (Å²) in [5.41, 5.74) is -3.41. The lowest BCUT2D eigenvalue weighted by atomic mass is 9.33. The molecule has 0 aromatic carbocycles. The van der Waals surface area contributed by atoms with E-state index in [4.69, 9.17) is 28.4 Å². The number of aliphatic hydroxyl groups excluding tert-OH is 10. The van der Waals surface area contributed by atoms with Crippen LogP contribution in [0.5, 0.6) is 0 Å². The Morgan fingerprint density at radius 2 is 1.25 bits per heavy atom. The van der Waals surface area contributed by atoms with Crippen LogP contribution in [-0.2, 0) is 38.0 Å². The fraction of sp³-hybridized carbons (Fsp3) is 0.917. The molecule has 5 aliphatic carbocycles. The second kappa shape index (κ2) is 18.3. The summed E-state index contributed by atoms with van der Waals surface area (Å²) in [6.07, 6.45) is -16.6. The summed E-state index contributed by atoms with van der Waals surface area (Å²) < 4.78 is 35.7. The molecule has 0 unspecified atom stereocenters. The van der Waals surface area contributed by atoms with Crippen LogP contribution >= 0.6 is 0 Å². The summed E-state index contributed by atoms with van der Waals surface area (Å²) in [6, 6.07) is 0. The number of carboxylic acid groups (broad SMARTS) is 1. The predicted octanol–water partition coefficient (Wildman–Crippen LogP) is 0.0887. The molecule has 0 aromatic rings. The number of carboxylic acids is 1. The molecular formula is C48H76O19. The number of carbonyl (C=O) groups excluding carboxylic acids is 1. The van der Waals surface area contributed by atoms with Crippen molar-refractivity contribution in [2.24, 2.45) is 56.7 Å². The van der Waals surface area contributed by atoms with Gasteiger partial charge in [-0.25, -0.2) is 0 Å². The molecule has 7 fully saturated rings. The average Bonchev–Trinajstić information content (AvgIpc) is 3.28. The van der Waals surface area contributed by atoms with Gasteiger partial charge in [0.15, 0.2) is 12.6 Å². The number of aliphatic carboxylic acids is 1. The van der Waals surface area contributed by atoms with E-state index in [1.165, 1.54) is 0 Å². The van der Waals surface area contributed by atoms with Gasteiger partial charge in [-0.05, 0) is 111 Å². The van der Waals surface area contributed by atoms with E-state index in [1.54, 1.807) is 6.92 Å². The van der Waals surface area contributed by atoms with Crippen molar-refractivity contribution in [1.82, 2.24) is 0 Å². The Labute approximate surface area is 391 Å². The van der Waals surface area contributed by atoms with Gasteiger partial charge in [-0.3, -0.25) is 9.59 Å². The molecule has 4 saturated carbocycles. The third-order valence-corrected chi connectivity index (χ3v) is 19.4. The molecule has 19 heteroatoms. The monoisotopic (exact) mass is 956 g/mol. The molecule has 0 radical (unpaired) electrons. The minimum absolute atomic E-state index is 0.0207. The number of allylic oxidation sites excluding steroid dienone is 1. The van der Waals surface area contributed by atoms with Crippen molar-refractivity contribution >= 4 is 11.9 Å². The highest BCUT2D eigenvalue weighted by molar-refractivity contribution is 5.85. The first-order valence-corrected chi connectivity index (χ1v) is 24.5. The van der Waals surface area contributed by atoms with E-state index in [0.29, 0.717) is 44.9 Å². The number of aliphatic hydroxyl groups is 10. The molecule has 8 aliphatic rings. The Morgan fingerprint density at radius 1 is 0.657 bits per heavy atom. The van der Waals surface area contributed by atoms with E-state index in [1.807, 2.05) is 0 Å². The van der Waals surface area contributed by atoms with Gasteiger partial charge >= 0.3 is 11.9 Å². The minimum Gasteiger partial charge on any atom is -0.481 e. The maximum absolute atomic E-state index is 14.7. The van der Waals surface area contributed by atoms with Gasteiger partial charge in [0.05, 0.1) is 36.3 Å². The highest BCUT2D eigenvalue weighted by atomic mass is 16.7. The van der Waals surface area contributed by atoms with Crippen molar-refractivity contribution in [3.8, 4) is 0 Å². The van der Waals surface area contributed by atoms with Crippen LogP contribution in [0.3, 0.4) is 0 Å². The summed E-state index contributed by atoms with van der Waals surface area (Å²) in [5, 5.41) is 117. The Morgan fingerprint density at radius 3 is 1.87 bits per heavy atom. The lowest BCUT2D eigenvalue weighted by molar-refractivity contribution is -0.366. The molecule has 25 atom stereocenters.